The van der Waals surface area contributed by atoms with Gasteiger partial charge in [0.05, 0.1) is 4.34 Å². The predicted molar refractivity (Wildman–Crippen MR) is 87.2 cm³/mol. The first-order valence-electron chi connectivity index (χ1n) is 7.01. The Labute approximate surface area is 127 Å². The minimum absolute atomic E-state index is 0.255. The van der Waals surface area contributed by atoms with Crippen molar-refractivity contribution < 1.29 is 0 Å². The summed E-state index contributed by atoms with van der Waals surface area (Å²) in [5, 5.41) is 3.60. The lowest BCUT2D eigenvalue weighted by molar-refractivity contribution is 0.161. The van der Waals surface area contributed by atoms with Crippen molar-refractivity contribution in [3.63, 3.8) is 0 Å². The summed E-state index contributed by atoms with van der Waals surface area (Å²) in [4.78, 5) is 3.71. The van der Waals surface area contributed by atoms with E-state index in [1.165, 1.54) is 11.3 Å². The van der Waals surface area contributed by atoms with Gasteiger partial charge in [0.1, 0.15) is 0 Å². The van der Waals surface area contributed by atoms with E-state index in [4.69, 9.17) is 11.6 Å². The third kappa shape index (κ3) is 5.82. The van der Waals surface area contributed by atoms with Crippen molar-refractivity contribution in [2.24, 2.45) is 5.41 Å². The van der Waals surface area contributed by atoms with E-state index >= 15 is 0 Å². The third-order valence-corrected chi connectivity index (χ3v) is 4.82. The lowest BCUT2D eigenvalue weighted by Gasteiger charge is -2.36. The highest BCUT2D eigenvalue weighted by Crippen LogP contribution is 2.25. The highest BCUT2D eigenvalue weighted by molar-refractivity contribution is 7.16. The van der Waals surface area contributed by atoms with E-state index in [0.717, 1.165) is 24.0 Å². The van der Waals surface area contributed by atoms with Crippen LogP contribution in [-0.4, -0.2) is 31.1 Å². The average molecular weight is 303 g/mol. The summed E-state index contributed by atoms with van der Waals surface area (Å²) >= 11 is 7.65. The highest BCUT2D eigenvalue weighted by Gasteiger charge is 2.26. The molecule has 0 fully saturated rings. The van der Waals surface area contributed by atoms with Crippen molar-refractivity contribution in [1.82, 2.24) is 10.2 Å². The monoisotopic (exact) mass is 302 g/mol. The number of nitrogens with zero attached hydrogens (tertiary/aromatic N) is 1. The molecule has 0 bridgehead atoms. The van der Waals surface area contributed by atoms with Gasteiger partial charge in [-0.3, -0.25) is 0 Å². The normalized spacial score (nSPS) is 14.1. The minimum atomic E-state index is 0.255. The van der Waals surface area contributed by atoms with Crippen LogP contribution in [0.3, 0.4) is 0 Å². The number of hydrogen-bond donors (Lipinski definition) is 1. The van der Waals surface area contributed by atoms with Crippen molar-refractivity contribution in [1.29, 1.82) is 0 Å². The van der Waals surface area contributed by atoms with Crippen LogP contribution in [0.2, 0.25) is 4.34 Å². The van der Waals surface area contributed by atoms with Crippen LogP contribution in [0.4, 0.5) is 0 Å². The summed E-state index contributed by atoms with van der Waals surface area (Å²) in [5.41, 5.74) is 0.255. The first-order chi connectivity index (χ1) is 8.85. The third-order valence-electron chi connectivity index (χ3n) is 3.60. The summed E-state index contributed by atoms with van der Waals surface area (Å²) in [6.07, 6.45) is 1.18. The maximum atomic E-state index is 5.97. The molecule has 1 atom stereocenters. The van der Waals surface area contributed by atoms with E-state index in [1.807, 2.05) is 6.07 Å². The molecule has 0 spiro atoms. The predicted octanol–water partition coefficient (Wildman–Crippen LogP) is 4.25. The van der Waals surface area contributed by atoms with Crippen molar-refractivity contribution >= 4 is 22.9 Å². The zero-order valence-corrected chi connectivity index (χ0v) is 14.4. The van der Waals surface area contributed by atoms with Crippen molar-refractivity contribution in [3.8, 4) is 0 Å². The molecule has 0 aromatic carbocycles. The van der Waals surface area contributed by atoms with Crippen molar-refractivity contribution in [2.45, 2.75) is 46.7 Å². The fourth-order valence-corrected chi connectivity index (χ4v) is 3.40. The van der Waals surface area contributed by atoms with E-state index in [0.29, 0.717) is 6.04 Å². The fourth-order valence-electron chi connectivity index (χ4n) is 2.23. The molecule has 0 amide bonds. The topological polar surface area (TPSA) is 15.3 Å². The molecule has 1 aromatic rings. The van der Waals surface area contributed by atoms with Crippen LogP contribution in [0.5, 0.6) is 0 Å². The largest absolute Gasteiger partial charge is 0.314 e. The molecule has 4 heteroatoms. The van der Waals surface area contributed by atoms with E-state index in [9.17, 15) is 0 Å². The van der Waals surface area contributed by atoms with Crippen LogP contribution in [0.15, 0.2) is 12.1 Å². The van der Waals surface area contributed by atoms with Gasteiger partial charge in [0.25, 0.3) is 0 Å². The Morgan fingerprint density at radius 1 is 1.42 bits per heavy atom. The second-order valence-corrected chi connectivity index (χ2v) is 7.84. The number of thiophene rings is 1. The van der Waals surface area contributed by atoms with E-state index in [1.54, 1.807) is 11.3 Å². The van der Waals surface area contributed by atoms with E-state index in [2.05, 4.69) is 51.0 Å². The first kappa shape index (κ1) is 17.0. The molecule has 19 heavy (non-hydrogen) atoms. The average Bonchev–Trinajstić information content (AvgIpc) is 2.70. The van der Waals surface area contributed by atoms with Gasteiger partial charge in [-0.25, -0.2) is 0 Å². The number of halogens is 1. The summed E-state index contributed by atoms with van der Waals surface area (Å²) in [6.45, 7) is 12.3. The van der Waals surface area contributed by atoms with Gasteiger partial charge in [0.2, 0.25) is 0 Å². The van der Waals surface area contributed by atoms with Crippen LogP contribution in [0.1, 0.15) is 39.0 Å². The lowest BCUT2D eigenvalue weighted by atomic mass is 9.84. The molecule has 0 aliphatic heterocycles. The second-order valence-electron chi connectivity index (χ2n) is 6.04. The Morgan fingerprint density at radius 3 is 2.63 bits per heavy atom. The molecule has 1 unspecified atom stereocenters. The first-order valence-corrected chi connectivity index (χ1v) is 8.20. The number of hydrogen-bond acceptors (Lipinski definition) is 3. The molecule has 1 aromatic heterocycles. The van der Waals surface area contributed by atoms with E-state index in [-0.39, 0.29) is 5.41 Å². The van der Waals surface area contributed by atoms with Gasteiger partial charge >= 0.3 is 0 Å². The van der Waals surface area contributed by atoms with Gasteiger partial charge in [-0.05, 0) is 44.5 Å². The maximum absolute atomic E-state index is 5.97. The molecule has 0 saturated carbocycles. The quantitative estimate of drug-likeness (QED) is 0.772. The summed E-state index contributed by atoms with van der Waals surface area (Å²) in [6, 6.07) is 4.61. The van der Waals surface area contributed by atoms with Crippen LogP contribution in [0.25, 0.3) is 0 Å². The van der Waals surface area contributed by atoms with Crippen molar-refractivity contribution in [3.05, 3.63) is 21.3 Å². The molecule has 0 aliphatic rings. The summed E-state index contributed by atoms with van der Waals surface area (Å²) in [5.74, 6) is 0. The number of nitrogens with one attached hydrogen (secondary N) is 1. The Hall–Kier alpha value is -0.0900. The van der Waals surface area contributed by atoms with Gasteiger partial charge in [0.15, 0.2) is 0 Å². The summed E-state index contributed by atoms with van der Waals surface area (Å²) in [7, 11) is 2.18. The smallest absolute Gasteiger partial charge is 0.0931 e. The summed E-state index contributed by atoms with van der Waals surface area (Å²) < 4.78 is 0.876. The highest BCUT2D eigenvalue weighted by atomic mass is 35.5. The van der Waals surface area contributed by atoms with Crippen LogP contribution >= 0.6 is 22.9 Å². The zero-order chi connectivity index (χ0) is 14.5. The SMILES string of the molecule is CCCNC(C)C(C)(C)CN(C)Cc1ccc(Cl)s1. The molecule has 1 rings (SSSR count). The van der Waals surface area contributed by atoms with Gasteiger partial charge in [-0.2, -0.15) is 0 Å². The molecule has 0 radical (unpaired) electrons. The molecule has 110 valence electrons. The van der Waals surface area contributed by atoms with E-state index < -0.39 is 0 Å². The molecule has 1 N–H and O–H groups in total. The second kappa shape index (κ2) is 7.63. The van der Waals surface area contributed by atoms with Gasteiger partial charge < -0.3 is 10.2 Å². The molecule has 1 heterocycles. The standard InChI is InChI=1S/C15H27ClN2S/c1-6-9-17-12(2)15(3,4)11-18(5)10-13-7-8-14(16)19-13/h7-8,12,17H,6,9-11H2,1-5H3. The van der Waals surface area contributed by atoms with Crippen LogP contribution in [-0.2, 0) is 6.54 Å². The molecule has 2 nitrogen and oxygen atoms in total. The zero-order valence-electron chi connectivity index (χ0n) is 12.8. The maximum Gasteiger partial charge on any atom is 0.0931 e. The Kier molecular flexibility index (Phi) is 6.81. The van der Waals surface area contributed by atoms with Crippen molar-refractivity contribution in [2.75, 3.05) is 20.1 Å². The Balaban J connectivity index is 2.47. The van der Waals surface area contributed by atoms with Gasteiger partial charge in [-0.15, -0.1) is 11.3 Å². The number of rotatable bonds is 8. The van der Waals surface area contributed by atoms with Gasteiger partial charge in [0, 0.05) is 24.0 Å². The minimum Gasteiger partial charge on any atom is -0.314 e. The molecular formula is C15H27ClN2S. The lowest BCUT2D eigenvalue weighted by Crippen LogP contribution is -2.45. The molecular weight excluding hydrogens is 276 g/mol. The molecule has 0 saturated heterocycles. The Morgan fingerprint density at radius 2 is 2.11 bits per heavy atom. The van der Waals surface area contributed by atoms with Gasteiger partial charge in [-0.1, -0.05) is 32.4 Å². The Bertz CT molecular complexity index is 376. The fraction of sp³-hybridized carbons (Fsp3) is 0.733. The molecule has 0 aliphatic carbocycles. The van der Waals surface area contributed by atoms with Crippen LogP contribution in [0, 0.1) is 5.41 Å². The van der Waals surface area contributed by atoms with Crippen LogP contribution < -0.4 is 5.32 Å².